The van der Waals surface area contributed by atoms with Gasteiger partial charge in [-0.2, -0.15) is 5.26 Å². The Morgan fingerprint density at radius 1 is 1.04 bits per heavy atom. The van der Waals surface area contributed by atoms with Crippen LogP contribution in [0.5, 0.6) is 0 Å². The van der Waals surface area contributed by atoms with Crippen molar-refractivity contribution >= 4 is 23.0 Å². The zero-order chi connectivity index (χ0) is 17.1. The topological polar surface area (TPSA) is 36.7 Å². The fourth-order valence-electron chi connectivity index (χ4n) is 2.48. The van der Waals surface area contributed by atoms with E-state index in [1.54, 1.807) is 0 Å². The van der Waals surface area contributed by atoms with Gasteiger partial charge in [0, 0.05) is 10.9 Å². The van der Waals surface area contributed by atoms with E-state index in [0.717, 1.165) is 27.4 Å². The van der Waals surface area contributed by atoms with Crippen LogP contribution in [0.1, 0.15) is 27.3 Å². The first-order chi connectivity index (χ1) is 11.6. The van der Waals surface area contributed by atoms with Crippen LogP contribution in [0.15, 0.2) is 47.8 Å². The summed E-state index contributed by atoms with van der Waals surface area (Å²) in [7, 11) is 0. The lowest BCUT2D eigenvalue weighted by Gasteiger charge is -2.02. The Balaban J connectivity index is 1.98. The second-order valence-corrected chi connectivity index (χ2v) is 6.72. The zero-order valence-electron chi connectivity index (χ0n) is 14.0. The molecule has 2 aromatic carbocycles. The smallest absolute Gasteiger partial charge is 0.134 e. The molecular weight excluding hydrogens is 312 g/mol. The van der Waals surface area contributed by atoms with E-state index < -0.39 is 0 Å². The number of aromatic nitrogens is 1. The van der Waals surface area contributed by atoms with Crippen molar-refractivity contribution in [3.63, 3.8) is 0 Å². The molecule has 0 saturated carbocycles. The molecule has 3 heteroatoms. The molecule has 0 bridgehead atoms. The lowest BCUT2D eigenvalue weighted by atomic mass is 10.0. The van der Waals surface area contributed by atoms with Crippen molar-refractivity contribution in [1.29, 1.82) is 5.26 Å². The molecule has 118 valence electrons. The van der Waals surface area contributed by atoms with Crippen molar-refractivity contribution < 1.29 is 0 Å². The maximum absolute atomic E-state index is 9.54. The Labute approximate surface area is 146 Å². The van der Waals surface area contributed by atoms with Gasteiger partial charge in [0.25, 0.3) is 0 Å². The third-order valence-electron chi connectivity index (χ3n) is 4.15. The summed E-state index contributed by atoms with van der Waals surface area (Å²) in [6, 6.07) is 16.7. The Hall–Kier alpha value is -2.70. The number of aryl methyl sites for hydroxylation is 3. The van der Waals surface area contributed by atoms with Crippen molar-refractivity contribution in [1.82, 2.24) is 4.98 Å². The third kappa shape index (κ3) is 3.29. The van der Waals surface area contributed by atoms with Crippen molar-refractivity contribution in [2.24, 2.45) is 0 Å². The second-order valence-electron chi connectivity index (χ2n) is 5.86. The molecule has 1 aromatic heterocycles. The van der Waals surface area contributed by atoms with Gasteiger partial charge in [-0.05, 0) is 55.2 Å². The standard InChI is InChI=1S/C21H18N2S/c1-14-8-9-18(10-16(14)3)20-13-24-21(23-20)19(12-22)11-17-7-5-4-6-15(17)2/h4-11,13H,1-3H3/b19-11+. The Kier molecular flexibility index (Phi) is 4.59. The van der Waals surface area contributed by atoms with Crippen molar-refractivity contribution in [2.75, 3.05) is 0 Å². The molecule has 0 atom stereocenters. The van der Waals surface area contributed by atoms with Crippen LogP contribution < -0.4 is 0 Å². The predicted molar refractivity (Wildman–Crippen MR) is 102 cm³/mol. The Bertz CT molecular complexity index is 958. The molecule has 0 aliphatic heterocycles. The molecule has 0 radical (unpaired) electrons. The summed E-state index contributed by atoms with van der Waals surface area (Å²) in [5.74, 6) is 0. The highest BCUT2D eigenvalue weighted by atomic mass is 32.1. The maximum atomic E-state index is 9.54. The number of allylic oxidation sites excluding steroid dienone is 1. The molecule has 0 aliphatic carbocycles. The highest BCUT2D eigenvalue weighted by molar-refractivity contribution is 7.11. The molecule has 0 unspecified atom stereocenters. The molecule has 0 spiro atoms. The summed E-state index contributed by atoms with van der Waals surface area (Å²) < 4.78 is 0. The van der Waals surface area contributed by atoms with Crippen molar-refractivity contribution in [2.45, 2.75) is 20.8 Å². The zero-order valence-corrected chi connectivity index (χ0v) is 14.8. The maximum Gasteiger partial charge on any atom is 0.134 e. The van der Waals surface area contributed by atoms with Crippen LogP contribution in [0, 0.1) is 32.1 Å². The molecule has 2 nitrogen and oxygen atoms in total. The predicted octanol–water partition coefficient (Wildman–Crippen LogP) is 5.80. The number of thiazole rings is 1. The highest BCUT2D eigenvalue weighted by Gasteiger charge is 2.10. The van der Waals surface area contributed by atoms with Gasteiger partial charge >= 0.3 is 0 Å². The minimum atomic E-state index is 0.601. The van der Waals surface area contributed by atoms with Crippen molar-refractivity contribution in [3.8, 4) is 17.3 Å². The molecule has 0 N–H and O–H groups in total. The first-order valence-electron chi connectivity index (χ1n) is 7.79. The number of nitriles is 1. The Morgan fingerprint density at radius 3 is 2.54 bits per heavy atom. The molecule has 3 aromatic rings. The fraction of sp³-hybridized carbons (Fsp3) is 0.143. The van der Waals surface area contributed by atoms with E-state index in [1.807, 2.05) is 42.6 Å². The molecule has 24 heavy (non-hydrogen) atoms. The second kappa shape index (κ2) is 6.82. The molecule has 0 saturated heterocycles. The molecule has 0 aliphatic rings. The van der Waals surface area contributed by atoms with E-state index in [1.165, 1.54) is 22.5 Å². The van der Waals surface area contributed by atoms with Gasteiger partial charge in [-0.15, -0.1) is 11.3 Å². The van der Waals surface area contributed by atoms with Crippen LogP contribution >= 0.6 is 11.3 Å². The lowest BCUT2D eigenvalue weighted by molar-refractivity contribution is 1.32. The van der Waals surface area contributed by atoms with Gasteiger partial charge in [0.2, 0.25) is 0 Å². The quantitative estimate of drug-likeness (QED) is 0.569. The monoisotopic (exact) mass is 330 g/mol. The van der Waals surface area contributed by atoms with Crippen LogP contribution in [0.4, 0.5) is 0 Å². The fourth-order valence-corrected chi connectivity index (χ4v) is 3.27. The van der Waals surface area contributed by atoms with E-state index >= 15 is 0 Å². The van der Waals surface area contributed by atoms with Gasteiger partial charge < -0.3 is 0 Å². The summed E-state index contributed by atoms with van der Waals surface area (Å²) in [6.07, 6.45) is 1.92. The van der Waals surface area contributed by atoms with E-state index in [4.69, 9.17) is 0 Å². The van der Waals surface area contributed by atoms with Gasteiger partial charge in [-0.3, -0.25) is 0 Å². The number of hydrogen-bond donors (Lipinski definition) is 0. The normalized spacial score (nSPS) is 11.3. The van der Waals surface area contributed by atoms with E-state index in [9.17, 15) is 5.26 Å². The lowest BCUT2D eigenvalue weighted by Crippen LogP contribution is -1.86. The highest BCUT2D eigenvalue weighted by Crippen LogP contribution is 2.28. The van der Waals surface area contributed by atoms with E-state index in [2.05, 4.69) is 43.1 Å². The average Bonchev–Trinajstić information content (AvgIpc) is 3.06. The largest absolute Gasteiger partial charge is 0.235 e. The minimum absolute atomic E-state index is 0.601. The summed E-state index contributed by atoms with van der Waals surface area (Å²) in [5.41, 5.74) is 7.33. The molecule has 0 amide bonds. The van der Waals surface area contributed by atoms with Crippen LogP contribution in [0.2, 0.25) is 0 Å². The SMILES string of the molecule is Cc1ccc(-c2csc(/C(C#N)=C/c3ccccc3C)n2)cc1C. The van der Waals surface area contributed by atoms with Crippen LogP contribution in [-0.4, -0.2) is 4.98 Å². The first-order valence-corrected chi connectivity index (χ1v) is 8.67. The number of hydrogen-bond acceptors (Lipinski definition) is 3. The molecule has 1 heterocycles. The van der Waals surface area contributed by atoms with Gasteiger partial charge in [0.1, 0.15) is 11.1 Å². The number of benzene rings is 2. The first kappa shape index (κ1) is 16.2. The van der Waals surface area contributed by atoms with Gasteiger partial charge in [0.05, 0.1) is 11.3 Å². The minimum Gasteiger partial charge on any atom is -0.235 e. The van der Waals surface area contributed by atoms with Crippen LogP contribution in [0.25, 0.3) is 22.9 Å². The molecular formula is C21H18N2S. The summed E-state index contributed by atoms with van der Waals surface area (Å²) >= 11 is 1.51. The van der Waals surface area contributed by atoms with Gasteiger partial charge in [-0.25, -0.2) is 4.98 Å². The van der Waals surface area contributed by atoms with Gasteiger partial charge in [0.15, 0.2) is 0 Å². The van der Waals surface area contributed by atoms with Crippen molar-refractivity contribution in [3.05, 3.63) is 75.1 Å². The molecule has 3 rings (SSSR count). The van der Waals surface area contributed by atoms with E-state index in [-0.39, 0.29) is 0 Å². The number of nitrogens with zero attached hydrogens (tertiary/aromatic N) is 2. The van der Waals surface area contributed by atoms with E-state index in [0.29, 0.717) is 5.57 Å². The third-order valence-corrected chi connectivity index (χ3v) is 5.02. The van der Waals surface area contributed by atoms with Crippen LogP contribution in [0.3, 0.4) is 0 Å². The summed E-state index contributed by atoms with van der Waals surface area (Å²) in [5, 5.41) is 12.3. The summed E-state index contributed by atoms with van der Waals surface area (Å²) in [6.45, 7) is 6.25. The number of rotatable bonds is 3. The summed E-state index contributed by atoms with van der Waals surface area (Å²) in [4.78, 5) is 4.68. The average molecular weight is 330 g/mol. The molecule has 0 fully saturated rings. The Morgan fingerprint density at radius 2 is 1.83 bits per heavy atom. The van der Waals surface area contributed by atoms with Gasteiger partial charge in [-0.1, -0.05) is 36.4 Å². The van der Waals surface area contributed by atoms with Crippen LogP contribution in [-0.2, 0) is 0 Å².